The van der Waals surface area contributed by atoms with Crippen molar-refractivity contribution in [2.75, 3.05) is 4.90 Å². The van der Waals surface area contributed by atoms with Gasteiger partial charge in [-0.3, -0.25) is 0 Å². The van der Waals surface area contributed by atoms with Gasteiger partial charge in [-0.05, 0) is 104 Å². The van der Waals surface area contributed by atoms with E-state index in [0.717, 1.165) is 11.4 Å². The van der Waals surface area contributed by atoms with Crippen molar-refractivity contribution in [3.63, 3.8) is 0 Å². The van der Waals surface area contributed by atoms with Crippen LogP contribution in [0.2, 0.25) is 0 Å². The number of nitrogens with zero attached hydrogens (tertiary/aromatic N) is 1. The molecule has 2 aromatic heterocycles. The molecule has 56 heavy (non-hydrogen) atoms. The number of hydrogen-bond donors (Lipinski definition) is 0. The van der Waals surface area contributed by atoms with Gasteiger partial charge in [-0.25, -0.2) is 0 Å². The highest BCUT2D eigenvalue weighted by atomic mass is 32.1. The molecule has 0 aliphatic rings. The lowest BCUT2D eigenvalue weighted by molar-refractivity contribution is 0.978. The van der Waals surface area contributed by atoms with E-state index in [1.54, 1.807) is 0 Å². The number of rotatable bonds is 7. The van der Waals surface area contributed by atoms with Crippen molar-refractivity contribution >= 4 is 85.2 Å². The van der Waals surface area contributed by atoms with Crippen molar-refractivity contribution in [1.29, 1.82) is 0 Å². The smallest absolute Gasteiger partial charge is 0.0487 e. The molecule has 0 amide bonds. The number of anilines is 2. The highest BCUT2D eigenvalue weighted by Crippen LogP contribution is 2.42. The third kappa shape index (κ3) is 5.76. The summed E-state index contributed by atoms with van der Waals surface area (Å²) in [6.07, 6.45) is 0. The van der Waals surface area contributed by atoms with Gasteiger partial charge in [0.05, 0.1) is 0 Å². The van der Waals surface area contributed by atoms with E-state index in [0.29, 0.717) is 6.54 Å². The van der Waals surface area contributed by atoms with Gasteiger partial charge in [0, 0.05) is 58.3 Å². The third-order valence-corrected chi connectivity index (χ3v) is 13.5. The van der Waals surface area contributed by atoms with Crippen LogP contribution in [0.5, 0.6) is 0 Å². The zero-order chi connectivity index (χ0) is 37.0. The van der Waals surface area contributed by atoms with Crippen LogP contribution in [0.15, 0.2) is 200 Å². The molecule has 1 nitrogen and oxygen atoms in total. The van der Waals surface area contributed by atoms with E-state index >= 15 is 0 Å². The molecule has 0 bridgehead atoms. The molecule has 11 rings (SSSR count). The summed E-state index contributed by atoms with van der Waals surface area (Å²) in [5.41, 5.74) is 11.0. The largest absolute Gasteiger partial charge is 0.337 e. The summed E-state index contributed by atoms with van der Waals surface area (Å²) in [4.78, 5) is 2.48. The Morgan fingerprint density at radius 3 is 1.82 bits per heavy atom. The Bertz CT molecular complexity index is 3240. The molecule has 0 aliphatic carbocycles. The first kappa shape index (κ1) is 32.9. The fraction of sp³-hybridized carbons (Fsp3) is 0.0189. The third-order valence-electron chi connectivity index (χ3n) is 11.2. The Labute approximate surface area is 334 Å². The van der Waals surface area contributed by atoms with Crippen molar-refractivity contribution in [2.45, 2.75) is 6.54 Å². The van der Waals surface area contributed by atoms with Gasteiger partial charge in [0.1, 0.15) is 0 Å². The molecule has 264 valence electrons. The second-order valence-corrected chi connectivity index (χ2v) is 16.6. The van der Waals surface area contributed by atoms with Crippen LogP contribution in [0.1, 0.15) is 5.56 Å². The second kappa shape index (κ2) is 13.6. The molecule has 0 N–H and O–H groups in total. The van der Waals surface area contributed by atoms with Crippen molar-refractivity contribution in [3.8, 4) is 33.4 Å². The van der Waals surface area contributed by atoms with Crippen LogP contribution in [0.4, 0.5) is 11.4 Å². The second-order valence-electron chi connectivity index (χ2n) is 14.5. The standard InChI is InChI=1S/C53H35NS2/c1-2-12-37-31-39(24-23-35(37)11-1)36-25-28-42(29-26-36)54(43-15-9-14-38(32-43)40-27-30-52-49(33-40)46-18-6-7-21-50(46)55-52)34-41-13-3-4-16-44(41)47-19-10-20-48-45-17-5-8-22-51(45)56-53(47)48/h1-33H,34H2. The van der Waals surface area contributed by atoms with E-state index < -0.39 is 0 Å². The maximum Gasteiger partial charge on any atom is 0.0487 e. The van der Waals surface area contributed by atoms with Crippen molar-refractivity contribution in [2.24, 2.45) is 0 Å². The van der Waals surface area contributed by atoms with Gasteiger partial charge in [-0.2, -0.15) is 0 Å². The molecule has 9 aromatic carbocycles. The van der Waals surface area contributed by atoms with Crippen molar-refractivity contribution in [3.05, 3.63) is 206 Å². The van der Waals surface area contributed by atoms with Gasteiger partial charge in [-0.1, -0.05) is 146 Å². The van der Waals surface area contributed by atoms with Gasteiger partial charge in [0.15, 0.2) is 0 Å². The zero-order valence-corrected chi connectivity index (χ0v) is 32.2. The fourth-order valence-corrected chi connectivity index (χ4v) is 10.7. The lowest BCUT2D eigenvalue weighted by Gasteiger charge is -2.27. The van der Waals surface area contributed by atoms with E-state index in [9.17, 15) is 0 Å². The summed E-state index contributed by atoms with van der Waals surface area (Å²) in [7, 11) is 0. The van der Waals surface area contributed by atoms with E-state index in [1.165, 1.54) is 90.1 Å². The normalized spacial score (nSPS) is 11.6. The Morgan fingerprint density at radius 2 is 0.946 bits per heavy atom. The van der Waals surface area contributed by atoms with Crippen molar-refractivity contribution in [1.82, 2.24) is 0 Å². The lowest BCUT2D eigenvalue weighted by Crippen LogP contribution is -2.17. The summed E-state index contributed by atoms with van der Waals surface area (Å²) in [6.45, 7) is 0.713. The lowest BCUT2D eigenvalue weighted by atomic mass is 9.97. The predicted molar refractivity (Wildman–Crippen MR) is 245 cm³/mol. The number of hydrogen-bond acceptors (Lipinski definition) is 3. The quantitative estimate of drug-likeness (QED) is 0.157. The SMILES string of the molecule is c1cc(-c2ccc3sc4ccccc4c3c2)cc(N(Cc2ccccc2-c2cccc3c2sc2ccccc23)c2ccc(-c3ccc4ccccc4c3)cc2)c1. The minimum Gasteiger partial charge on any atom is -0.337 e. The Kier molecular flexibility index (Phi) is 8.01. The molecular formula is C53H35NS2. The van der Waals surface area contributed by atoms with Crippen LogP contribution in [0.25, 0.3) is 84.5 Å². The summed E-state index contributed by atoms with van der Waals surface area (Å²) in [5, 5.41) is 7.80. The molecule has 0 unspecified atom stereocenters. The zero-order valence-electron chi connectivity index (χ0n) is 30.5. The van der Waals surface area contributed by atoms with Crippen LogP contribution < -0.4 is 4.90 Å². The van der Waals surface area contributed by atoms with Crippen LogP contribution in [0.3, 0.4) is 0 Å². The molecule has 0 atom stereocenters. The highest BCUT2D eigenvalue weighted by molar-refractivity contribution is 7.26. The summed E-state index contributed by atoms with van der Waals surface area (Å²) >= 11 is 3.76. The molecule has 0 saturated heterocycles. The van der Waals surface area contributed by atoms with Gasteiger partial charge in [0.2, 0.25) is 0 Å². The maximum absolute atomic E-state index is 2.48. The molecule has 0 saturated carbocycles. The molecular weight excluding hydrogens is 715 g/mol. The number of thiophene rings is 2. The van der Waals surface area contributed by atoms with Crippen LogP contribution in [0, 0.1) is 0 Å². The number of benzene rings is 9. The fourth-order valence-electron chi connectivity index (χ4n) is 8.34. The number of fused-ring (bicyclic) bond motifs is 7. The Morgan fingerprint density at radius 1 is 0.339 bits per heavy atom. The van der Waals surface area contributed by atoms with E-state index in [2.05, 4.69) is 205 Å². The average Bonchev–Trinajstić information content (AvgIpc) is 3.84. The Hall–Kier alpha value is -6.52. The van der Waals surface area contributed by atoms with Gasteiger partial charge >= 0.3 is 0 Å². The molecule has 2 heterocycles. The van der Waals surface area contributed by atoms with E-state index in [-0.39, 0.29) is 0 Å². The minimum atomic E-state index is 0.713. The van der Waals surface area contributed by atoms with Gasteiger partial charge in [-0.15, -0.1) is 22.7 Å². The summed E-state index contributed by atoms with van der Waals surface area (Å²) in [6, 6.07) is 73.7. The van der Waals surface area contributed by atoms with Crippen LogP contribution in [-0.4, -0.2) is 0 Å². The molecule has 11 aromatic rings. The summed E-state index contributed by atoms with van der Waals surface area (Å²) in [5.74, 6) is 0. The van der Waals surface area contributed by atoms with Crippen LogP contribution in [-0.2, 0) is 6.54 Å². The molecule has 0 radical (unpaired) electrons. The Balaban J connectivity index is 1.03. The molecule has 3 heteroatoms. The molecule has 0 aliphatic heterocycles. The maximum atomic E-state index is 2.48. The monoisotopic (exact) mass is 749 g/mol. The van der Waals surface area contributed by atoms with E-state index in [4.69, 9.17) is 0 Å². The van der Waals surface area contributed by atoms with E-state index in [1.807, 2.05) is 22.7 Å². The van der Waals surface area contributed by atoms with Gasteiger partial charge < -0.3 is 4.90 Å². The minimum absolute atomic E-state index is 0.713. The van der Waals surface area contributed by atoms with Crippen LogP contribution >= 0.6 is 22.7 Å². The van der Waals surface area contributed by atoms with Crippen molar-refractivity contribution < 1.29 is 0 Å². The van der Waals surface area contributed by atoms with Gasteiger partial charge in [0.25, 0.3) is 0 Å². The molecule has 0 spiro atoms. The topological polar surface area (TPSA) is 3.24 Å². The summed E-state index contributed by atoms with van der Waals surface area (Å²) < 4.78 is 5.32. The predicted octanol–water partition coefficient (Wildman–Crippen LogP) is 15.9. The molecule has 0 fully saturated rings. The first-order valence-electron chi connectivity index (χ1n) is 19.1. The highest BCUT2D eigenvalue weighted by Gasteiger charge is 2.18. The average molecular weight is 750 g/mol. The first-order valence-corrected chi connectivity index (χ1v) is 20.7. The first-order chi connectivity index (χ1) is 27.7.